The van der Waals surface area contributed by atoms with Gasteiger partial charge in [-0.15, -0.1) is 0 Å². The fraction of sp³-hybridized carbons (Fsp3) is 0.571. The van der Waals surface area contributed by atoms with Crippen LogP contribution >= 0.6 is 0 Å². The Balaban J connectivity index is 1.91. The average Bonchev–Trinajstić information content (AvgIpc) is 2.22. The topological polar surface area (TPSA) is 9.23 Å². The lowest BCUT2D eigenvalue weighted by Crippen LogP contribution is -2.17. The van der Waals surface area contributed by atoms with Crippen molar-refractivity contribution < 1.29 is 9.13 Å². The summed E-state index contributed by atoms with van der Waals surface area (Å²) in [5, 5.41) is 0. The highest BCUT2D eigenvalue weighted by atomic mass is 19.1. The van der Waals surface area contributed by atoms with Crippen LogP contribution in [-0.2, 0) is 0 Å². The molecule has 16 heavy (non-hydrogen) atoms. The molecule has 0 saturated heterocycles. The van der Waals surface area contributed by atoms with Crippen LogP contribution in [0.2, 0.25) is 0 Å². The van der Waals surface area contributed by atoms with Crippen LogP contribution in [0.25, 0.3) is 0 Å². The molecule has 1 saturated carbocycles. The highest BCUT2D eigenvalue weighted by Gasteiger charge is 2.12. The number of hydrogen-bond acceptors (Lipinski definition) is 1. The van der Waals surface area contributed by atoms with E-state index in [0.717, 1.165) is 12.8 Å². The third kappa shape index (κ3) is 3.51. The summed E-state index contributed by atoms with van der Waals surface area (Å²) in [6.07, 6.45) is 8.87. The highest BCUT2D eigenvalue weighted by Crippen LogP contribution is 2.22. The van der Waals surface area contributed by atoms with Gasteiger partial charge in [-0.1, -0.05) is 19.3 Å². The zero-order valence-electron chi connectivity index (χ0n) is 9.55. The summed E-state index contributed by atoms with van der Waals surface area (Å²) in [5.74, 6) is 0.296. The quantitative estimate of drug-likeness (QED) is 0.730. The molecule has 1 aromatic rings. The maximum absolute atomic E-state index is 12.9. The summed E-state index contributed by atoms with van der Waals surface area (Å²) in [7, 11) is 0. The van der Waals surface area contributed by atoms with E-state index in [9.17, 15) is 4.39 Å². The molecule has 0 N–H and O–H groups in total. The number of rotatable bonds is 2. The third-order valence-electron chi connectivity index (χ3n) is 3.09. The molecule has 0 bridgehead atoms. The number of benzene rings is 1. The van der Waals surface area contributed by atoms with E-state index in [0.29, 0.717) is 5.75 Å². The maximum Gasteiger partial charge on any atom is 0.134 e. The first kappa shape index (κ1) is 11.4. The van der Waals surface area contributed by atoms with Crippen LogP contribution in [0.4, 0.5) is 4.39 Å². The summed E-state index contributed by atoms with van der Waals surface area (Å²) in [5.41, 5.74) is 0. The molecule has 0 spiro atoms. The van der Waals surface area contributed by atoms with E-state index < -0.39 is 0 Å². The second-order valence-electron chi connectivity index (χ2n) is 4.46. The molecule has 1 aliphatic rings. The lowest BCUT2D eigenvalue weighted by atomic mass is 9.98. The van der Waals surface area contributed by atoms with Gasteiger partial charge in [0, 0.05) is 12.1 Å². The van der Waals surface area contributed by atoms with Gasteiger partial charge in [0.15, 0.2) is 0 Å². The molecule has 0 aromatic heterocycles. The molecule has 0 atom stereocenters. The molecule has 0 amide bonds. The third-order valence-corrected chi connectivity index (χ3v) is 3.09. The Kier molecular flexibility index (Phi) is 4.20. The van der Waals surface area contributed by atoms with Crippen LogP contribution < -0.4 is 4.74 Å². The van der Waals surface area contributed by atoms with Gasteiger partial charge in [-0.2, -0.15) is 0 Å². The lowest BCUT2D eigenvalue weighted by molar-refractivity contribution is 0.166. The summed E-state index contributed by atoms with van der Waals surface area (Å²) in [4.78, 5) is 0. The van der Waals surface area contributed by atoms with Crippen molar-refractivity contribution in [1.29, 1.82) is 0 Å². The summed E-state index contributed by atoms with van der Waals surface area (Å²) in [6.45, 7) is 0. The molecule has 1 nitrogen and oxygen atoms in total. The van der Waals surface area contributed by atoms with E-state index in [1.54, 1.807) is 12.1 Å². The van der Waals surface area contributed by atoms with Crippen LogP contribution in [-0.4, -0.2) is 6.10 Å². The second kappa shape index (κ2) is 5.88. The van der Waals surface area contributed by atoms with Crippen LogP contribution in [0.3, 0.4) is 0 Å². The average molecular weight is 221 g/mol. The predicted octanol–water partition coefficient (Wildman–Crippen LogP) is 4.12. The van der Waals surface area contributed by atoms with Gasteiger partial charge in [-0.3, -0.25) is 0 Å². The van der Waals surface area contributed by atoms with Gasteiger partial charge in [0.2, 0.25) is 0 Å². The Labute approximate surface area is 96.6 Å². The van der Waals surface area contributed by atoms with Gasteiger partial charge < -0.3 is 4.74 Å². The number of ether oxygens (including phenoxy) is 1. The normalized spacial score (nSPS) is 18.8. The first-order valence-corrected chi connectivity index (χ1v) is 6.18. The summed E-state index contributed by atoms with van der Waals surface area (Å²) in [6, 6.07) is 7.26. The van der Waals surface area contributed by atoms with Crippen molar-refractivity contribution in [1.82, 2.24) is 0 Å². The van der Waals surface area contributed by atoms with Crippen molar-refractivity contribution in [2.24, 2.45) is 0 Å². The van der Waals surface area contributed by atoms with Crippen LogP contribution in [0.1, 0.15) is 44.9 Å². The van der Waals surface area contributed by atoms with Crippen molar-refractivity contribution in [2.45, 2.75) is 51.0 Å². The first-order chi connectivity index (χ1) is 7.84. The molecule has 2 heteroatoms. The summed E-state index contributed by atoms with van der Waals surface area (Å²) < 4.78 is 18.7. The zero-order valence-corrected chi connectivity index (χ0v) is 9.55. The number of hydrogen-bond donors (Lipinski definition) is 0. The van der Waals surface area contributed by atoms with Crippen molar-refractivity contribution in [2.75, 3.05) is 0 Å². The first-order valence-electron chi connectivity index (χ1n) is 6.18. The van der Waals surface area contributed by atoms with E-state index in [1.807, 2.05) is 0 Å². The standard InChI is InChI=1S/C14H18FO/c15-12-7-6-10-14(11-12)16-13-8-4-2-1-3-5-9-13/h6,10-11,13H,1-5,8-9H2. The number of halogens is 1. The Morgan fingerprint density at radius 1 is 1.12 bits per heavy atom. The molecule has 0 aliphatic heterocycles. The molecule has 0 unspecified atom stereocenters. The fourth-order valence-corrected chi connectivity index (χ4v) is 2.22. The van der Waals surface area contributed by atoms with Gasteiger partial charge in [-0.25, -0.2) is 4.39 Å². The maximum atomic E-state index is 12.9. The molecule has 87 valence electrons. The van der Waals surface area contributed by atoms with Gasteiger partial charge >= 0.3 is 0 Å². The largest absolute Gasteiger partial charge is 0.490 e. The molecule has 1 fully saturated rings. The van der Waals surface area contributed by atoms with E-state index in [1.165, 1.54) is 38.2 Å². The van der Waals surface area contributed by atoms with Crippen molar-refractivity contribution in [3.8, 4) is 5.75 Å². The minimum Gasteiger partial charge on any atom is -0.490 e. The Bertz CT molecular complexity index is 316. The molecule has 1 aromatic carbocycles. The van der Waals surface area contributed by atoms with Crippen molar-refractivity contribution in [3.05, 3.63) is 30.1 Å². The summed E-state index contributed by atoms with van der Waals surface area (Å²) >= 11 is 0. The van der Waals surface area contributed by atoms with Gasteiger partial charge in [0.25, 0.3) is 0 Å². The monoisotopic (exact) mass is 221 g/mol. The molecule has 1 aliphatic carbocycles. The van der Waals surface area contributed by atoms with Gasteiger partial charge in [0.1, 0.15) is 11.6 Å². The van der Waals surface area contributed by atoms with Crippen LogP contribution in [0.5, 0.6) is 5.75 Å². The van der Waals surface area contributed by atoms with Crippen molar-refractivity contribution >= 4 is 0 Å². The van der Waals surface area contributed by atoms with E-state index in [2.05, 4.69) is 6.07 Å². The Hall–Kier alpha value is -1.05. The molecular formula is C14H18FO. The molecular weight excluding hydrogens is 203 g/mol. The molecule has 0 heterocycles. The minimum atomic E-state index is -0.344. The Morgan fingerprint density at radius 3 is 2.50 bits per heavy atom. The van der Waals surface area contributed by atoms with Gasteiger partial charge in [0.05, 0.1) is 6.10 Å². The van der Waals surface area contributed by atoms with E-state index in [4.69, 9.17) is 4.74 Å². The van der Waals surface area contributed by atoms with Crippen molar-refractivity contribution in [3.63, 3.8) is 0 Å². The SMILES string of the molecule is Fc1[c]ccc(OC2CCCCCCC2)c1. The van der Waals surface area contributed by atoms with Crippen LogP contribution in [0, 0.1) is 11.9 Å². The van der Waals surface area contributed by atoms with E-state index >= 15 is 0 Å². The Morgan fingerprint density at radius 2 is 1.81 bits per heavy atom. The van der Waals surface area contributed by atoms with E-state index in [-0.39, 0.29) is 11.9 Å². The van der Waals surface area contributed by atoms with Gasteiger partial charge in [-0.05, 0) is 37.8 Å². The smallest absolute Gasteiger partial charge is 0.134 e. The molecule has 2 rings (SSSR count). The minimum absolute atomic E-state index is 0.266. The predicted molar refractivity (Wildman–Crippen MR) is 62.0 cm³/mol. The zero-order chi connectivity index (χ0) is 11.2. The second-order valence-corrected chi connectivity index (χ2v) is 4.46. The lowest BCUT2D eigenvalue weighted by Gasteiger charge is -2.21. The molecule has 1 radical (unpaired) electrons. The van der Waals surface area contributed by atoms with Crippen LogP contribution in [0.15, 0.2) is 18.2 Å². The highest BCUT2D eigenvalue weighted by molar-refractivity contribution is 5.21. The fourth-order valence-electron chi connectivity index (χ4n) is 2.22.